The molecule has 7 aromatic rings. The highest BCUT2D eigenvalue weighted by atomic mass is 19.4. The average molecular weight is 656 g/mol. The van der Waals surface area contributed by atoms with Crippen molar-refractivity contribution in [2.24, 2.45) is 9.98 Å². The van der Waals surface area contributed by atoms with E-state index in [4.69, 9.17) is 9.97 Å². The molecule has 0 N–H and O–H groups in total. The lowest BCUT2D eigenvalue weighted by Crippen LogP contribution is -2.08. The molecule has 0 aliphatic carbocycles. The van der Waals surface area contributed by atoms with E-state index in [0.717, 1.165) is 0 Å². The maximum Gasteiger partial charge on any atom is 0.419 e. The van der Waals surface area contributed by atoms with Crippen LogP contribution in [-0.2, 0) is 12.4 Å². The lowest BCUT2D eigenvalue weighted by atomic mass is 10.0. The van der Waals surface area contributed by atoms with Gasteiger partial charge in [-0.05, 0) is 58.7 Å². The van der Waals surface area contributed by atoms with E-state index in [1.165, 1.54) is 48.5 Å². The number of benzene rings is 4. The molecule has 0 aliphatic rings. The molecule has 0 amide bonds. The highest BCUT2D eigenvalue weighted by molar-refractivity contribution is 6.15. The van der Waals surface area contributed by atoms with Crippen LogP contribution in [0.25, 0.3) is 65.9 Å². The minimum absolute atomic E-state index is 0.0545. The van der Waals surface area contributed by atoms with E-state index in [2.05, 4.69) is 9.98 Å². The third kappa shape index (κ3) is 4.77. The number of nitriles is 2. The number of hydrogen-bond acceptors (Lipinski definition) is 6. The van der Waals surface area contributed by atoms with Crippen LogP contribution in [0.15, 0.2) is 82.8 Å². The predicted molar refractivity (Wildman–Crippen MR) is 158 cm³/mol. The molecule has 0 spiro atoms. The number of alkyl halides is 6. The van der Waals surface area contributed by atoms with Gasteiger partial charge in [-0.1, -0.05) is 36.4 Å². The van der Waals surface area contributed by atoms with Gasteiger partial charge in [-0.25, -0.2) is 18.7 Å². The summed E-state index contributed by atoms with van der Waals surface area (Å²) in [5.41, 5.74) is -1.48. The summed E-state index contributed by atoms with van der Waals surface area (Å²) in [5.74, 6) is -2.86. The highest BCUT2D eigenvalue weighted by Gasteiger charge is 2.35. The summed E-state index contributed by atoms with van der Waals surface area (Å²) in [4.78, 5) is 17.2. The van der Waals surface area contributed by atoms with E-state index in [9.17, 15) is 45.6 Å². The molecule has 0 bridgehead atoms. The number of rotatable bonds is 2. The number of aromatic nitrogens is 2. The van der Waals surface area contributed by atoms with Gasteiger partial charge in [0, 0.05) is 21.5 Å². The van der Waals surface area contributed by atoms with Crippen LogP contribution in [0.3, 0.4) is 0 Å². The monoisotopic (exact) mass is 656 g/mol. The first kappa shape index (κ1) is 30.4. The molecule has 0 radical (unpaired) electrons. The Kier molecular flexibility index (Phi) is 6.73. The first-order valence-electron chi connectivity index (χ1n) is 13.7. The average Bonchev–Trinajstić information content (AvgIpc) is 3.50. The standard InChI is InChI=1S/C34H12F8N6/c35-25-7-3-17(11-23(25)33(37,38)39)15-1-5-19-21(9-15)27(45-13-43)31-29(19)47-32-28(46-14-44)22-10-16(2-6-20(22)30(32)48-31)18-4-8-26(36)24(12-18)34(40,41)42/h1-12H/b45-27+,46-28+. The van der Waals surface area contributed by atoms with E-state index >= 15 is 0 Å². The number of hydrogen-bond donors (Lipinski definition) is 0. The van der Waals surface area contributed by atoms with Gasteiger partial charge in [-0.3, -0.25) is 0 Å². The van der Waals surface area contributed by atoms with E-state index in [0.29, 0.717) is 45.8 Å². The second-order valence-electron chi connectivity index (χ2n) is 10.6. The van der Waals surface area contributed by atoms with Crippen molar-refractivity contribution < 1.29 is 35.1 Å². The van der Waals surface area contributed by atoms with Crippen molar-refractivity contribution in [1.29, 1.82) is 10.5 Å². The summed E-state index contributed by atoms with van der Waals surface area (Å²) < 4.78 is 108. The van der Waals surface area contributed by atoms with Crippen LogP contribution < -0.4 is 10.7 Å². The molecular formula is C34H12F8N6. The van der Waals surface area contributed by atoms with Crippen molar-refractivity contribution in [3.63, 3.8) is 0 Å². The van der Waals surface area contributed by atoms with Gasteiger partial charge < -0.3 is 0 Å². The quantitative estimate of drug-likeness (QED) is 0.138. The molecule has 0 unspecified atom stereocenters. The Hall–Kier alpha value is -6.28. The SMILES string of the molecule is N#C/N=c1\c2cc(-c3ccc(F)c(C(F)(F)F)c3)ccc2c2nc3/c(=N/C#N)c4cc(-c5ccc(F)c(C(F)(F)F)c5)ccc4c3nc12. The molecule has 1 aromatic heterocycles. The van der Waals surface area contributed by atoms with Crippen LogP contribution in [0.5, 0.6) is 0 Å². The van der Waals surface area contributed by atoms with Gasteiger partial charge in [0.25, 0.3) is 0 Å². The van der Waals surface area contributed by atoms with Gasteiger partial charge in [0.2, 0.25) is 12.4 Å². The summed E-state index contributed by atoms with van der Waals surface area (Å²) in [5, 5.41) is 20.6. The molecule has 14 heteroatoms. The predicted octanol–water partition coefficient (Wildman–Crippen LogP) is 8.38. The van der Waals surface area contributed by atoms with Crippen molar-refractivity contribution in [2.45, 2.75) is 12.4 Å². The zero-order valence-corrected chi connectivity index (χ0v) is 23.6. The van der Waals surface area contributed by atoms with Gasteiger partial charge in [0.15, 0.2) is 0 Å². The summed E-state index contributed by atoms with van der Waals surface area (Å²) in [6, 6.07) is 14.2. The molecule has 7 rings (SSSR count). The zero-order valence-electron chi connectivity index (χ0n) is 23.6. The van der Waals surface area contributed by atoms with Crippen molar-refractivity contribution in [3.05, 3.63) is 106 Å². The van der Waals surface area contributed by atoms with Crippen molar-refractivity contribution >= 4 is 43.6 Å². The first-order chi connectivity index (χ1) is 22.8. The Balaban J connectivity index is 1.48. The van der Waals surface area contributed by atoms with E-state index in [-0.39, 0.29) is 55.0 Å². The van der Waals surface area contributed by atoms with Crippen LogP contribution in [0.4, 0.5) is 35.1 Å². The molecule has 0 atom stereocenters. The Morgan fingerprint density at radius 3 is 1.19 bits per heavy atom. The van der Waals surface area contributed by atoms with Gasteiger partial charge in [-0.15, -0.1) is 0 Å². The number of fused-ring (bicyclic) bond motifs is 6. The molecule has 0 fully saturated rings. The van der Waals surface area contributed by atoms with E-state index in [1.54, 1.807) is 12.4 Å². The van der Waals surface area contributed by atoms with Crippen LogP contribution in [0, 0.1) is 34.5 Å². The van der Waals surface area contributed by atoms with Crippen molar-refractivity contribution in [1.82, 2.24) is 9.97 Å². The molecule has 1 heterocycles. The summed E-state index contributed by atoms with van der Waals surface area (Å²) in [7, 11) is 0. The van der Waals surface area contributed by atoms with Gasteiger partial charge in [0.1, 0.15) is 33.4 Å². The fourth-order valence-electron chi connectivity index (χ4n) is 5.82. The third-order valence-corrected chi connectivity index (χ3v) is 7.94. The van der Waals surface area contributed by atoms with E-state index < -0.39 is 35.1 Å². The molecule has 6 nitrogen and oxygen atoms in total. The topological polar surface area (TPSA) is 98.1 Å². The van der Waals surface area contributed by atoms with Crippen molar-refractivity contribution in [3.8, 4) is 34.6 Å². The summed E-state index contributed by atoms with van der Waals surface area (Å²) >= 11 is 0. The summed E-state index contributed by atoms with van der Waals surface area (Å²) in [6.07, 6.45) is -6.47. The molecule has 0 saturated heterocycles. The molecule has 0 saturated carbocycles. The normalized spacial score (nSPS) is 13.2. The Labute approximate surface area is 262 Å². The molecule has 48 heavy (non-hydrogen) atoms. The summed E-state index contributed by atoms with van der Waals surface area (Å²) in [6.45, 7) is 0. The fraction of sp³-hybridized carbons (Fsp3) is 0.0588. The maximum atomic E-state index is 14.0. The molecule has 6 aromatic carbocycles. The Morgan fingerprint density at radius 2 is 0.833 bits per heavy atom. The molecular weight excluding hydrogens is 644 g/mol. The second kappa shape index (κ2) is 10.6. The lowest BCUT2D eigenvalue weighted by Gasteiger charge is -2.10. The first-order valence-corrected chi connectivity index (χ1v) is 13.7. The van der Waals surface area contributed by atoms with Crippen molar-refractivity contribution in [2.75, 3.05) is 0 Å². The fourth-order valence-corrected chi connectivity index (χ4v) is 5.82. The second-order valence-corrected chi connectivity index (χ2v) is 10.6. The van der Waals surface area contributed by atoms with Crippen LogP contribution in [0.2, 0.25) is 0 Å². The van der Waals surface area contributed by atoms with Gasteiger partial charge >= 0.3 is 12.4 Å². The van der Waals surface area contributed by atoms with Crippen LogP contribution in [0.1, 0.15) is 11.1 Å². The van der Waals surface area contributed by atoms with Crippen LogP contribution in [-0.4, -0.2) is 9.97 Å². The minimum Gasteiger partial charge on any atom is -0.241 e. The lowest BCUT2D eigenvalue weighted by molar-refractivity contribution is -0.140. The van der Waals surface area contributed by atoms with Crippen LogP contribution >= 0.6 is 0 Å². The van der Waals surface area contributed by atoms with E-state index in [1.807, 2.05) is 0 Å². The largest absolute Gasteiger partial charge is 0.419 e. The number of nitrogens with zero attached hydrogens (tertiary/aromatic N) is 6. The smallest absolute Gasteiger partial charge is 0.241 e. The Morgan fingerprint density at radius 1 is 0.479 bits per heavy atom. The van der Waals surface area contributed by atoms with Gasteiger partial charge in [0.05, 0.1) is 22.2 Å². The highest BCUT2D eigenvalue weighted by Crippen LogP contribution is 2.37. The Bertz CT molecular complexity index is 2520. The minimum atomic E-state index is -4.93. The molecule has 234 valence electrons. The molecule has 0 aliphatic heterocycles. The van der Waals surface area contributed by atoms with Gasteiger partial charge in [-0.2, -0.15) is 46.9 Å². The zero-order chi connectivity index (χ0) is 34.1. The number of halogens is 8. The maximum absolute atomic E-state index is 14.0. The third-order valence-electron chi connectivity index (χ3n) is 7.94.